The van der Waals surface area contributed by atoms with Crippen LogP contribution in [0.15, 0.2) is 0 Å². The standard InChI is InChI=1S/C4H12BNS2/c1-5-3-4-7-8-6-2/h5-6H,3-4H2,1-2H3. The van der Waals surface area contributed by atoms with Crippen LogP contribution in [0.5, 0.6) is 0 Å². The van der Waals surface area contributed by atoms with E-state index in [1.165, 1.54) is 19.4 Å². The lowest BCUT2D eigenvalue weighted by atomic mass is 9.79. The maximum Gasteiger partial charge on any atom is 0.118 e. The number of nitrogens with one attached hydrogen (secondary N) is 1. The molecule has 0 amide bonds. The zero-order valence-electron chi connectivity index (χ0n) is 5.44. The number of hydrogen-bond donors (Lipinski definition) is 1. The molecule has 0 atom stereocenters. The summed E-state index contributed by atoms with van der Waals surface area (Å²) in [6.07, 6.45) is 1.33. The summed E-state index contributed by atoms with van der Waals surface area (Å²) >= 11 is 0. The Labute approximate surface area is 60.2 Å². The number of rotatable bonds is 5. The van der Waals surface area contributed by atoms with Gasteiger partial charge in [-0.05, 0) is 23.8 Å². The van der Waals surface area contributed by atoms with Crippen LogP contribution in [0.1, 0.15) is 0 Å². The van der Waals surface area contributed by atoms with Crippen molar-refractivity contribution in [3.63, 3.8) is 0 Å². The van der Waals surface area contributed by atoms with Crippen molar-refractivity contribution < 1.29 is 0 Å². The van der Waals surface area contributed by atoms with Gasteiger partial charge in [0.1, 0.15) is 7.28 Å². The van der Waals surface area contributed by atoms with E-state index in [4.69, 9.17) is 0 Å². The molecule has 0 fully saturated rings. The zero-order chi connectivity index (χ0) is 6.24. The summed E-state index contributed by atoms with van der Waals surface area (Å²) in [5.74, 6) is 1.27. The molecular weight excluding hydrogens is 137 g/mol. The first-order valence-electron chi connectivity index (χ1n) is 2.87. The van der Waals surface area contributed by atoms with Crippen LogP contribution in [0, 0.1) is 0 Å². The van der Waals surface area contributed by atoms with Gasteiger partial charge in [-0.15, -0.1) is 0 Å². The summed E-state index contributed by atoms with van der Waals surface area (Å²) in [6, 6.07) is 0. The van der Waals surface area contributed by atoms with Gasteiger partial charge in [0, 0.05) is 0 Å². The van der Waals surface area contributed by atoms with Gasteiger partial charge in [-0.1, -0.05) is 23.9 Å². The third-order valence-electron chi connectivity index (χ3n) is 0.723. The maximum absolute atomic E-state index is 3.01. The zero-order valence-corrected chi connectivity index (χ0v) is 7.07. The second kappa shape index (κ2) is 7.72. The molecule has 0 aromatic heterocycles. The van der Waals surface area contributed by atoms with E-state index in [1.807, 2.05) is 17.8 Å². The molecule has 0 aliphatic carbocycles. The van der Waals surface area contributed by atoms with Gasteiger partial charge in [-0.25, -0.2) is 0 Å². The molecule has 1 N–H and O–H groups in total. The Hall–Kier alpha value is 0.725. The van der Waals surface area contributed by atoms with E-state index in [1.54, 1.807) is 11.0 Å². The molecule has 0 aromatic rings. The molecule has 0 radical (unpaired) electrons. The van der Waals surface area contributed by atoms with Crippen molar-refractivity contribution in [3.05, 3.63) is 0 Å². The predicted molar refractivity (Wildman–Crippen MR) is 46.9 cm³/mol. The summed E-state index contributed by atoms with van der Waals surface area (Å²) in [5, 5.41) is 0. The van der Waals surface area contributed by atoms with Gasteiger partial charge in [0.15, 0.2) is 0 Å². The Balaban J connectivity index is 2.53. The first-order chi connectivity index (χ1) is 3.91. The van der Waals surface area contributed by atoms with E-state index < -0.39 is 0 Å². The van der Waals surface area contributed by atoms with Gasteiger partial charge in [-0.2, -0.15) is 0 Å². The highest BCUT2D eigenvalue weighted by Crippen LogP contribution is 2.16. The molecule has 0 saturated carbocycles. The maximum atomic E-state index is 3.01. The van der Waals surface area contributed by atoms with Crippen LogP contribution in [-0.4, -0.2) is 20.1 Å². The normalized spacial score (nSPS) is 9.25. The van der Waals surface area contributed by atoms with Crippen LogP contribution in [0.4, 0.5) is 0 Å². The van der Waals surface area contributed by atoms with E-state index >= 15 is 0 Å². The fourth-order valence-electron chi connectivity index (χ4n) is 0.304. The van der Waals surface area contributed by atoms with E-state index in [-0.39, 0.29) is 0 Å². The van der Waals surface area contributed by atoms with E-state index in [0.29, 0.717) is 0 Å². The molecule has 0 spiro atoms. The van der Waals surface area contributed by atoms with Crippen molar-refractivity contribution in [2.45, 2.75) is 13.1 Å². The summed E-state index contributed by atoms with van der Waals surface area (Å²) < 4.78 is 3.01. The molecule has 8 heavy (non-hydrogen) atoms. The van der Waals surface area contributed by atoms with Gasteiger partial charge >= 0.3 is 0 Å². The molecule has 0 rings (SSSR count). The molecule has 4 heteroatoms. The van der Waals surface area contributed by atoms with Gasteiger partial charge in [0.25, 0.3) is 0 Å². The van der Waals surface area contributed by atoms with Crippen LogP contribution in [0.3, 0.4) is 0 Å². The van der Waals surface area contributed by atoms with Crippen molar-refractivity contribution in [1.29, 1.82) is 0 Å². The van der Waals surface area contributed by atoms with Gasteiger partial charge in [0.2, 0.25) is 0 Å². The van der Waals surface area contributed by atoms with E-state index in [2.05, 4.69) is 11.5 Å². The highest BCUT2D eigenvalue weighted by Gasteiger charge is 1.84. The topological polar surface area (TPSA) is 12.0 Å². The molecular formula is C4H12BNS2. The van der Waals surface area contributed by atoms with Gasteiger partial charge in [0.05, 0.1) is 0 Å². The van der Waals surface area contributed by atoms with Crippen LogP contribution in [0.2, 0.25) is 13.1 Å². The van der Waals surface area contributed by atoms with E-state index in [0.717, 1.165) is 0 Å². The SMILES string of the molecule is CBCCSSNC. The van der Waals surface area contributed by atoms with Crippen molar-refractivity contribution in [2.24, 2.45) is 0 Å². The van der Waals surface area contributed by atoms with Crippen molar-refractivity contribution in [1.82, 2.24) is 4.72 Å². The molecule has 48 valence electrons. The molecule has 1 nitrogen and oxygen atoms in total. The molecule has 0 aliphatic rings. The summed E-state index contributed by atoms with van der Waals surface area (Å²) in [4.78, 5) is 0. The van der Waals surface area contributed by atoms with Gasteiger partial charge in [-0.3, -0.25) is 4.72 Å². The highest BCUT2D eigenvalue weighted by atomic mass is 33.1. The Bertz CT molecular complexity index is 39.0. The smallest absolute Gasteiger partial charge is 0.118 e. The molecule has 0 aliphatic heterocycles. The van der Waals surface area contributed by atoms with Crippen molar-refractivity contribution in [3.8, 4) is 0 Å². The average Bonchev–Trinajstić information content (AvgIpc) is 1.81. The van der Waals surface area contributed by atoms with E-state index in [9.17, 15) is 0 Å². The second-order valence-electron chi connectivity index (χ2n) is 1.46. The van der Waals surface area contributed by atoms with Crippen molar-refractivity contribution in [2.75, 3.05) is 12.8 Å². The molecule has 0 heterocycles. The first kappa shape index (κ1) is 8.72. The monoisotopic (exact) mass is 149 g/mol. The van der Waals surface area contributed by atoms with Crippen LogP contribution in [-0.2, 0) is 0 Å². The largest absolute Gasteiger partial charge is 0.258 e. The minimum Gasteiger partial charge on any atom is -0.258 e. The predicted octanol–water partition coefficient (Wildman–Crippen LogP) is 1.41. The Kier molecular flexibility index (Phi) is 8.42. The summed E-state index contributed by atoms with van der Waals surface area (Å²) in [5.41, 5.74) is 0. The third-order valence-corrected chi connectivity index (χ3v) is 2.82. The van der Waals surface area contributed by atoms with Gasteiger partial charge < -0.3 is 0 Å². The van der Waals surface area contributed by atoms with Crippen LogP contribution < -0.4 is 4.72 Å². The van der Waals surface area contributed by atoms with Crippen LogP contribution >= 0.6 is 21.8 Å². The third kappa shape index (κ3) is 6.72. The second-order valence-corrected chi connectivity index (χ2v) is 3.89. The molecule has 0 saturated heterocycles. The molecule has 0 aromatic carbocycles. The average molecular weight is 149 g/mol. The molecule has 0 unspecified atom stereocenters. The lowest BCUT2D eigenvalue weighted by molar-refractivity contribution is 1.31. The lowest BCUT2D eigenvalue weighted by Crippen LogP contribution is -1.88. The molecule has 0 bridgehead atoms. The Morgan fingerprint density at radius 3 is 2.88 bits per heavy atom. The Morgan fingerprint density at radius 2 is 2.38 bits per heavy atom. The lowest BCUT2D eigenvalue weighted by Gasteiger charge is -1.93. The quantitative estimate of drug-likeness (QED) is 0.274. The minimum atomic E-state index is 1.27. The Morgan fingerprint density at radius 1 is 1.62 bits per heavy atom. The highest BCUT2D eigenvalue weighted by molar-refractivity contribution is 8.76. The fraction of sp³-hybridized carbons (Fsp3) is 1.00. The van der Waals surface area contributed by atoms with Crippen LogP contribution in [0.25, 0.3) is 0 Å². The summed E-state index contributed by atoms with van der Waals surface area (Å²) in [7, 11) is 6.85. The number of hydrogen-bond acceptors (Lipinski definition) is 3. The fourth-order valence-corrected chi connectivity index (χ4v) is 1.87. The summed E-state index contributed by atoms with van der Waals surface area (Å²) in [6.45, 7) is 2.21. The minimum absolute atomic E-state index is 1.27. The van der Waals surface area contributed by atoms with Crippen molar-refractivity contribution >= 4 is 29.1 Å². The first-order valence-corrected chi connectivity index (χ1v) is 5.19.